The Labute approximate surface area is 109 Å². The smallest absolute Gasteiger partial charge is 0.166 e. The summed E-state index contributed by atoms with van der Waals surface area (Å²) in [6.45, 7) is 9.44. The van der Waals surface area contributed by atoms with Gasteiger partial charge in [0.25, 0.3) is 0 Å². The fourth-order valence-corrected chi connectivity index (χ4v) is 2.16. The zero-order valence-electron chi connectivity index (χ0n) is 11.0. The molecule has 0 spiro atoms. The van der Waals surface area contributed by atoms with Crippen LogP contribution in [0.4, 0.5) is 0 Å². The van der Waals surface area contributed by atoms with E-state index in [4.69, 9.17) is 21.7 Å². The molecule has 0 aliphatic carbocycles. The zero-order chi connectivity index (χ0) is 12.7. The molecule has 1 rings (SSSR count). The van der Waals surface area contributed by atoms with Gasteiger partial charge in [0.1, 0.15) is 0 Å². The second-order valence-electron chi connectivity index (χ2n) is 4.61. The second kappa shape index (κ2) is 7.13. The van der Waals surface area contributed by atoms with E-state index in [-0.39, 0.29) is 11.6 Å². The van der Waals surface area contributed by atoms with Crippen molar-refractivity contribution >= 4 is 17.3 Å². The largest absolute Gasteiger partial charge is 0.382 e. The van der Waals surface area contributed by atoms with Crippen molar-refractivity contribution in [2.75, 3.05) is 26.4 Å². The lowest BCUT2D eigenvalue weighted by Crippen LogP contribution is -2.53. The van der Waals surface area contributed by atoms with Gasteiger partial charge in [-0.05, 0) is 45.8 Å². The summed E-state index contributed by atoms with van der Waals surface area (Å²) in [7, 11) is 0. The summed E-state index contributed by atoms with van der Waals surface area (Å²) >= 11 is 5.27. The summed E-state index contributed by atoms with van der Waals surface area (Å²) in [5, 5.41) is 7.26. The zero-order valence-corrected chi connectivity index (χ0v) is 11.9. The Hall–Kier alpha value is -0.390. The van der Waals surface area contributed by atoms with E-state index in [0.717, 1.165) is 39.2 Å². The molecule has 0 amide bonds. The highest BCUT2D eigenvalue weighted by Gasteiger charge is 2.37. The van der Waals surface area contributed by atoms with Gasteiger partial charge in [0.2, 0.25) is 0 Å². The Morgan fingerprint density at radius 1 is 1.59 bits per heavy atom. The fourth-order valence-electron chi connectivity index (χ4n) is 1.82. The molecular weight excluding hydrogens is 236 g/mol. The van der Waals surface area contributed by atoms with E-state index >= 15 is 0 Å². The van der Waals surface area contributed by atoms with Gasteiger partial charge < -0.3 is 20.1 Å². The van der Waals surface area contributed by atoms with Gasteiger partial charge in [-0.25, -0.2) is 0 Å². The van der Waals surface area contributed by atoms with Crippen LogP contribution < -0.4 is 10.6 Å². The van der Waals surface area contributed by atoms with Gasteiger partial charge in [0.05, 0.1) is 11.6 Å². The first kappa shape index (κ1) is 14.7. The Morgan fingerprint density at radius 2 is 2.35 bits per heavy atom. The SMILES string of the molecule is CCOCCCNC(=S)NC1(C)CCOC1C. The van der Waals surface area contributed by atoms with Crippen molar-refractivity contribution in [1.29, 1.82) is 0 Å². The second-order valence-corrected chi connectivity index (χ2v) is 5.02. The molecule has 1 fully saturated rings. The summed E-state index contributed by atoms with van der Waals surface area (Å²) in [5.41, 5.74) is -0.0377. The molecular formula is C12H24N2O2S. The summed E-state index contributed by atoms with van der Waals surface area (Å²) in [6, 6.07) is 0. The van der Waals surface area contributed by atoms with E-state index in [9.17, 15) is 0 Å². The summed E-state index contributed by atoms with van der Waals surface area (Å²) < 4.78 is 10.8. The van der Waals surface area contributed by atoms with Gasteiger partial charge >= 0.3 is 0 Å². The van der Waals surface area contributed by atoms with Gasteiger partial charge in [-0.3, -0.25) is 0 Å². The van der Waals surface area contributed by atoms with E-state index in [2.05, 4.69) is 24.5 Å². The van der Waals surface area contributed by atoms with E-state index in [1.54, 1.807) is 0 Å². The lowest BCUT2D eigenvalue weighted by molar-refractivity contribution is 0.0947. The number of hydrogen-bond donors (Lipinski definition) is 2. The van der Waals surface area contributed by atoms with Crippen LogP contribution in [0.15, 0.2) is 0 Å². The summed E-state index contributed by atoms with van der Waals surface area (Å²) in [4.78, 5) is 0. The first-order chi connectivity index (χ1) is 8.08. The molecule has 17 heavy (non-hydrogen) atoms. The minimum Gasteiger partial charge on any atom is -0.382 e. The van der Waals surface area contributed by atoms with Gasteiger partial charge in [-0.1, -0.05) is 0 Å². The lowest BCUT2D eigenvalue weighted by atomic mass is 9.95. The Bertz CT molecular complexity index is 251. The van der Waals surface area contributed by atoms with Gasteiger partial charge in [0.15, 0.2) is 5.11 Å². The third-order valence-corrected chi connectivity index (χ3v) is 3.49. The molecule has 2 N–H and O–H groups in total. The maximum absolute atomic E-state index is 5.56. The van der Waals surface area contributed by atoms with Crippen molar-refractivity contribution in [2.24, 2.45) is 0 Å². The lowest BCUT2D eigenvalue weighted by Gasteiger charge is -2.30. The van der Waals surface area contributed by atoms with Crippen molar-refractivity contribution in [2.45, 2.75) is 45.3 Å². The highest BCUT2D eigenvalue weighted by atomic mass is 32.1. The minimum atomic E-state index is -0.0377. The van der Waals surface area contributed by atoms with Crippen LogP contribution in [0.3, 0.4) is 0 Å². The molecule has 0 saturated carbocycles. The highest BCUT2D eigenvalue weighted by molar-refractivity contribution is 7.80. The maximum atomic E-state index is 5.56. The first-order valence-corrected chi connectivity index (χ1v) is 6.74. The van der Waals surface area contributed by atoms with Crippen LogP contribution in [0.5, 0.6) is 0 Å². The fraction of sp³-hybridized carbons (Fsp3) is 0.917. The average molecular weight is 260 g/mol. The van der Waals surface area contributed by atoms with Gasteiger partial charge in [-0.15, -0.1) is 0 Å². The number of hydrogen-bond acceptors (Lipinski definition) is 3. The van der Waals surface area contributed by atoms with Crippen molar-refractivity contribution < 1.29 is 9.47 Å². The molecule has 2 atom stereocenters. The van der Waals surface area contributed by atoms with E-state index in [0.29, 0.717) is 5.11 Å². The molecule has 0 aromatic heterocycles. The molecule has 2 unspecified atom stereocenters. The van der Waals surface area contributed by atoms with Crippen LogP contribution in [0.2, 0.25) is 0 Å². The maximum Gasteiger partial charge on any atom is 0.166 e. The molecule has 100 valence electrons. The van der Waals surface area contributed by atoms with Crippen LogP contribution in [0, 0.1) is 0 Å². The number of nitrogens with one attached hydrogen (secondary N) is 2. The topological polar surface area (TPSA) is 42.5 Å². The van der Waals surface area contributed by atoms with Crippen LogP contribution >= 0.6 is 12.2 Å². The van der Waals surface area contributed by atoms with Crippen molar-refractivity contribution in [3.63, 3.8) is 0 Å². The highest BCUT2D eigenvalue weighted by Crippen LogP contribution is 2.24. The molecule has 1 saturated heterocycles. The average Bonchev–Trinajstić information content (AvgIpc) is 2.58. The Kier molecular flexibility index (Phi) is 6.16. The van der Waals surface area contributed by atoms with Gasteiger partial charge in [0, 0.05) is 26.4 Å². The quantitative estimate of drug-likeness (QED) is 0.559. The monoisotopic (exact) mass is 260 g/mol. The third kappa shape index (κ3) is 4.77. The minimum absolute atomic E-state index is 0.0377. The molecule has 0 aromatic rings. The van der Waals surface area contributed by atoms with Crippen molar-refractivity contribution in [3.8, 4) is 0 Å². The molecule has 1 heterocycles. The number of thiocarbonyl (C=S) groups is 1. The Morgan fingerprint density at radius 3 is 2.94 bits per heavy atom. The molecule has 4 nitrogen and oxygen atoms in total. The molecule has 0 bridgehead atoms. The molecule has 1 aliphatic rings. The van der Waals surface area contributed by atoms with Crippen molar-refractivity contribution in [1.82, 2.24) is 10.6 Å². The summed E-state index contributed by atoms with van der Waals surface area (Å²) in [5.74, 6) is 0. The molecule has 0 radical (unpaired) electrons. The van der Waals surface area contributed by atoms with Crippen LogP contribution in [-0.4, -0.2) is 43.1 Å². The van der Waals surface area contributed by atoms with Gasteiger partial charge in [-0.2, -0.15) is 0 Å². The van der Waals surface area contributed by atoms with E-state index in [1.165, 1.54) is 0 Å². The predicted molar refractivity (Wildman–Crippen MR) is 73.3 cm³/mol. The third-order valence-electron chi connectivity index (χ3n) is 3.24. The number of rotatable bonds is 6. The standard InChI is InChI=1S/C12H24N2O2S/c1-4-15-8-5-7-13-11(17)14-12(3)6-9-16-10(12)2/h10H,4-9H2,1-3H3,(H2,13,14,17). The normalized spacial score (nSPS) is 28.1. The molecule has 0 aromatic carbocycles. The van der Waals surface area contributed by atoms with E-state index < -0.39 is 0 Å². The summed E-state index contributed by atoms with van der Waals surface area (Å²) in [6.07, 6.45) is 2.17. The van der Waals surface area contributed by atoms with Crippen LogP contribution in [0.1, 0.15) is 33.6 Å². The van der Waals surface area contributed by atoms with Crippen LogP contribution in [0.25, 0.3) is 0 Å². The number of ether oxygens (including phenoxy) is 2. The van der Waals surface area contributed by atoms with E-state index in [1.807, 2.05) is 6.92 Å². The first-order valence-electron chi connectivity index (χ1n) is 6.34. The molecule has 1 aliphatic heterocycles. The van der Waals surface area contributed by atoms with Crippen molar-refractivity contribution in [3.05, 3.63) is 0 Å². The Balaban J connectivity index is 2.16. The molecule has 5 heteroatoms. The van der Waals surface area contributed by atoms with Crippen LogP contribution in [-0.2, 0) is 9.47 Å². The predicted octanol–water partition coefficient (Wildman–Crippen LogP) is 1.44.